The van der Waals surface area contributed by atoms with Gasteiger partial charge in [-0.05, 0) is 120 Å². The summed E-state index contributed by atoms with van der Waals surface area (Å²) in [5.41, 5.74) is 2.51. The van der Waals surface area contributed by atoms with Crippen molar-refractivity contribution in [2.75, 3.05) is 0 Å². The van der Waals surface area contributed by atoms with Gasteiger partial charge in [0.1, 0.15) is 7.28 Å². The zero-order valence-electron chi connectivity index (χ0n) is 21.7. The first-order chi connectivity index (χ1) is 14.6. The van der Waals surface area contributed by atoms with Crippen molar-refractivity contribution in [3.63, 3.8) is 0 Å². The summed E-state index contributed by atoms with van der Waals surface area (Å²) >= 11 is 0. The van der Waals surface area contributed by atoms with Gasteiger partial charge >= 0.3 is 0 Å². The van der Waals surface area contributed by atoms with Crippen LogP contribution in [0.25, 0.3) is 0 Å². The normalized spacial score (nSPS) is 55.8. The first-order valence-corrected chi connectivity index (χ1v) is 14.4. The van der Waals surface area contributed by atoms with Gasteiger partial charge in [-0.1, -0.05) is 67.0 Å². The van der Waals surface area contributed by atoms with Gasteiger partial charge in [-0.15, -0.1) is 0 Å². The van der Waals surface area contributed by atoms with Gasteiger partial charge in [-0.2, -0.15) is 0 Å². The third kappa shape index (κ3) is 2.79. The lowest BCUT2D eigenvalue weighted by molar-refractivity contribution is 0.0939. The Morgan fingerprint density at radius 1 is 0.581 bits per heavy atom. The third-order valence-corrected chi connectivity index (χ3v) is 13.6. The van der Waals surface area contributed by atoms with E-state index < -0.39 is 0 Å². The Bertz CT molecular complexity index is 662. The monoisotopic (exact) mass is 421 g/mol. The molecule has 6 aliphatic carbocycles. The molecule has 0 saturated heterocycles. The second-order valence-corrected chi connectivity index (χ2v) is 15.4. The van der Waals surface area contributed by atoms with Gasteiger partial charge in [-0.25, -0.2) is 0 Å². The molecule has 0 amide bonds. The van der Waals surface area contributed by atoms with Crippen molar-refractivity contribution in [3.8, 4) is 0 Å². The molecule has 6 fully saturated rings. The van der Waals surface area contributed by atoms with Crippen LogP contribution in [0.2, 0.25) is 12.6 Å². The van der Waals surface area contributed by atoms with E-state index in [0.717, 1.165) is 47.3 Å². The fourth-order valence-electron chi connectivity index (χ4n) is 12.5. The highest BCUT2D eigenvalue weighted by molar-refractivity contribution is 6.35. The molecule has 1 heteroatoms. The molecule has 6 aliphatic rings. The SMILES string of the molecule is CC1(C)CCC[C@]2(C)[C@@H](C[B]C[C@H]3[C@H]4CC[C@H]5[C@@H]4C(C)(C)CCC[C@]35C)[C@H]3CC[C@H]2[C@@H]31. The molecule has 0 aromatic heterocycles. The summed E-state index contributed by atoms with van der Waals surface area (Å²) in [6, 6.07) is 0. The lowest BCUT2D eigenvalue weighted by Crippen LogP contribution is -2.36. The Hall–Kier alpha value is 0.0649. The maximum atomic E-state index is 2.88. The molecular weight excluding hydrogens is 371 g/mol. The lowest BCUT2D eigenvalue weighted by atomic mass is 9.50. The summed E-state index contributed by atoms with van der Waals surface area (Å²) < 4.78 is 0. The molecule has 31 heavy (non-hydrogen) atoms. The van der Waals surface area contributed by atoms with Crippen molar-refractivity contribution >= 4 is 7.28 Å². The minimum Gasteiger partial charge on any atom is -0.0767 e. The fraction of sp³-hybridized carbons (Fsp3) is 1.00. The van der Waals surface area contributed by atoms with Crippen molar-refractivity contribution in [3.05, 3.63) is 0 Å². The van der Waals surface area contributed by atoms with E-state index >= 15 is 0 Å². The summed E-state index contributed by atoms with van der Waals surface area (Å²) in [5.74, 6) is 8.22. The summed E-state index contributed by atoms with van der Waals surface area (Å²) in [6.45, 7) is 16.0. The van der Waals surface area contributed by atoms with E-state index in [4.69, 9.17) is 0 Å². The van der Waals surface area contributed by atoms with Gasteiger partial charge in [0.15, 0.2) is 0 Å². The Balaban J connectivity index is 1.18. The number of hydrogen-bond donors (Lipinski definition) is 0. The zero-order valence-corrected chi connectivity index (χ0v) is 21.7. The molecule has 1 radical (unpaired) electrons. The van der Waals surface area contributed by atoms with Crippen molar-refractivity contribution in [2.45, 2.75) is 118 Å². The maximum absolute atomic E-state index is 2.88. The fourth-order valence-corrected chi connectivity index (χ4v) is 12.5. The molecule has 0 nitrogen and oxygen atoms in total. The van der Waals surface area contributed by atoms with Crippen LogP contribution >= 0.6 is 0 Å². The van der Waals surface area contributed by atoms with Crippen molar-refractivity contribution < 1.29 is 0 Å². The molecule has 6 saturated carbocycles. The van der Waals surface area contributed by atoms with Gasteiger partial charge in [0.25, 0.3) is 0 Å². The van der Waals surface area contributed by atoms with E-state index in [9.17, 15) is 0 Å². The molecule has 0 unspecified atom stereocenters. The molecule has 0 aromatic carbocycles. The van der Waals surface area contributed by atoms with Crippen LogP contribution in [0.4, 0.5) is 0 Å². The molecule has 0 spiro atoms. The maximum Gasteiger partial charge on any atom is 0.110 e. The summed E-state index contributed by atoms with van der Waals surface area (Å²) in [4.78, 5) is 0. The van der Waals surface area contributed by atoms with E-state index in [0.29, 0.717) is 21.7 Å². The van der Waals surface area contributed by atoms with Crippen LogP contribution in [0.1, 0.15) is 106 Å². The van der Waals surface area contributed by atoms with E-state index in [1.54, 1.807) is 25.7 Å². The molecule has 8 bridgehead atoms. The van der Waals surface area contributed by atoms with Crippen LogP contribution in [-0.2, 0) is 0 Å². The average molecular weight is 422 g/mol. The molecule has 0 aliphatic heterocycles. The van der Waals surface area contributed by atoms with E-state index in [2.05, 4.69) is 48.8 Å². The van der Waals surface area contributed by atoms with Gasteiger partial charge < -0.3 is 0 Å². The first kappa shape index (κ1) is 21.6. The molecule has 10 atom stereocenters. The van der Waals surface area contributed by atoms with Crippen LogP contribution < -0.4 is 0 Å². The number of rotatable bonds is 4. The topological polar surface area (TPSA) is 0 Å². The zero-order chi connectivity index (χ0) is 21.8. The van der Waals surface area contributed by atoms with E-state index in [-0.39, 0.29) is 0 Å². The highest BCUT2D eigenvalue weighted by Crippen LogP contribution is 2.73. The minimum atomic E-state index is 0.595. The summed E-state index contributed by atoms with van der Waals surface area (Å²) in [5, 5.41) is 0. The summed E-state index contributed by atoms with van der Waals surface area (Å²) in [6.07, 6.45) is 18.1. The van der Waals surface area contributed by atoms with Crippen LogP contribution in [0.5, 0.6) is 0 Å². The van der Waals surface area contributed by atoms with E-state index in [1.165, 1.54) is 51.2 Å². The smallest absolute Gasteiger partial charge is 0.0767 e. The van der Waals surface area contributed by atoms with Gasteiger partial charge in [0.05, 0.1) is 0 Å². The predicted molar refractivity (Wildman–Crippen MR) is 133 cm³/mol. The standard InChI is InChI=1S/C30H50B/c1-27(2)13-7-15-29(5)21-11-9-19(25(21)27)23(29)17-31-18-24-20-10-12-22-26(20)28(3,4)14-8-16-30(22,24)6/h19-26H,7-18H2,1-6H3/t19-,20-,21+,22+,23+,24+,25-,26-,29+,30+/m1/s1. The average Bonchev–Trinajstić information content (AvgIpc) is 3.37. The Morgan fingerprint density at radius 3 is 1.42 bits per heavy atom. The third-order valence-electron chi connectivity index (χ3n) is 13.6. The van der Waals surface area contributed by atoms with Crippen LogP contribution in [-0.4, -0.2) is 7.28 Å². The molecule has 0 heterocycles. The highest BCUT2D eigenvalue weighted by Gasteiger charge is 2.66. The van der Waals surface area contributed by atoms with Gasteiger partial charge in [0.2, 0.25) is 0 Å². The number of hydrogen-bond acceptors (Lipinski definition) is 0. The Kier molecular flexibility index (Phi) is 4.74. The van der Waals surface area contributed by atoms with Crippen LogP contribution in [0.3, 0.4) is 0 Å². The molecule has 173 valence electrons. The van der Waals surface area contributed by atoms with Gasteiger partial charge in [0, 0.05) is 0 Å². The van der Waals surface area contributed by atoms with Crippen molar-refractivity contribution in [1.29, 1.82) is 0 Å². The second-order valence-electron chi connectivity index (χ2n) is 15.4. The Labute approximate surface area is 194 Å². The quantitative estimate of drug-likeness (QED) is 0.399. The minimum absolute atomic E-state index is 0.595. The molecule has 0 N–H and O–H groups in total. The largest absolute Gasteiger partial charge is 0.110 e. The van der Waals surface area contributed by atoms with Crippen LogP contribution in [0, 0.1) is 69.0 Å². The van der Waals surface area contributed by atoms with Gasteiger partial charge in [-0.3, -0.25) is 0 Å². The first-order valence-electron chi connectivity index (χ1n) is 14.4. The van der Waals surface area contributed by atoms with Crippen molar-refractivity contribution in [2.24, 2.45) is 69.0 Å². The molecular formula is C30H50B. The van der Waals surface area contributed by atoms with E-state index in [1.807, 2.05) is 0 Å². The van der Waals surface area contributed by atoms with Crippen LogP contribution in [0.15, 0.2) is 0 Å². The second kappa shape index (κ2) is 6.81. The highest BCUT2D eigenvalue weighted by atomic mass is 14.7. The molecule has 0 aromatic rings. The summed E-state index contributed by atoms with van der Waals surface area (Å²) in [7, 11) is 2.88. The van der Waals surface area contributed by atoms with Crippen molar-refractivity contribution in [1.82, 2.24) is 0 Å². The predicted octanol–water partition coefficient (Wildman–Crippen LogP) is 8.50. The molecule has 6 rings (SSSR count). The Morgan fingerprint density at radius 2 is 1.00 bits per heavy atom. The lowest BCUT2D eigenvalue weighted by Gasteiger charge is -2.44.